The second kappa shape index (κ2) is 7.55. The van der Waals surface area contributed by atoms with Crippen LogP contribution in [0.25, 0.3) is 10.8 Å². The van der Waals surface area contributed by atoms with Crippen molar-refractivity contribution in [2.75, 3.05) is 25.5 Å². The standard InChI is InChI=1S/C17H24N2O2S2/c1-13(22)7-6-12-18-23(20,21)17-11-5-8-14-15(17)9-4-10-16(14)19(2)3/h4-5,8-11,13,18,22H,6-7,12H2,1-3H3. The molecule has 1 atom stereocenters. The minimum atomic E-state index is -3.52. The Labute approximate surface area is 144 Å². The Kier molecular flexibility index (Phi) is 5.95. The number of thiol groups is 1. The molecule has 0 aliphatic rings. The Hall–Kier alpha value is -1.24. The first-order valence-corrected chi connectivity index (χ1v) is 9.69. The Morgan fingerprint density at radius 2 is 1.78 bits per heavy atom. The van der Waals surface area contributed by atoms with Crippen molar-refractivity contribution in [1.82, 2.24) is 4.72 Å². The van der Waals surface area contributed by atoms with Gasteiger partial charge >= 0.3 is 0 Å². The van der Waals surface area contributed by atoms with Gasteiger partial charge in [0.25, 0.3) is 0 Å². The minimum absolute atomic E-state index is 0.278. The second-order valence-electron chi connectivity index (χ2n) is 5.91. The number of nitrogens with one attached hydrogen (secondary N) is 1. The molecule has 0 aliphatic heterocycles. The number of rotatable bonds is 7. The molecule has 0 heterocycles. The average Bonchev–Trinajstić information content (AvgIpc) is 2.50. The average molecular weight is 353 g/mol. The summed E-state index contributed by atoms with van der Waals surface area (Å²) in [7, 11) is 0.382. The number of nitrogens with zero attached hydrogens (tertiary/aromatic N) is 1. The highest BCUT2D eigenvalue weighted by molar-refractivity contribution is 7.89. The highest BCUT2D eigenvalue weighted by atomic mass is 32.2. The number of hydrogen-bond acceptors (Lipinski definition) is 4. The van der Waals surface area contributed by atoms with E-state index >= 15 is 0 Å². The molecule has 0 aliphatic carbocycles. The molecule has 0 spiro atoms. The van der Waals surface area contributed by atoms with Crippen LogP contribution in [0.3, 0.4) is 0 Å². The van der Waals surface area contributed by atoms with Crippen molar-refractivity contribution in [2.24, 2.45) is 0 Å². The summed E-state index contributed by atoms with van der Waals surface area (Å²) in [6.07, 6.45) is 1.66. The Bertz CT molecular complexity index is 771. The molecular weight excluding hydrogens is 328 g/mol. The second-order valence-corrected chi connectivity index (χ2v) is 8.53. The molecule has 0 saturated carbocycles. The van der Waals surface area contributed by atoms with Crippen molar-refractivity contribution < 1.29 is 8.42 Å². The zero-order chi connectivity index (χ0) is 17.0. The molecule has 0 aromatic heterocycles. The number of anilines is 1. The zero-order valence-electron chi connectivity index (χ0n) is 13.8. The number of sulfonamides is 1. The van der Waals surface area contributed by atoms with Crippen LogP contribution in [0.5, 0.6) is 0 Å². The van der Waals surface area contributed by atoms with Gasteiger partial charge in [-0.1, -0.05) is 31.2 Å². The van der Waals surface area contributed by atoms with Gasteiger partial charge in [-0.25, -0.2) is 13.1 Å². The van der Waals surface area contributed by atoms with Gasteiger partial charge in [-0.05, 0) is 30.2 Å². The predicted molar refractivity (Wildman–Crippen MR) is 101 cm³/mol. The van der Waals surface area contributed by atoms with Crippen LogP contribution < -0.4 is 9.62 Å². The van der Waals surface area contributed by atoms with E-state index in [4.69, 9.17) is 0 Å². The van der Waals surface area contributed by atoms with Crippen molar-refractivity contribution in [3.63, 3.8) is 0 Å². The largest absolute Gasteiger partial charge is 0.377 e. The molecular formula is C17H24N2O2S2. The number of fused-ring (bicyclic) bond motifs is 1. The first kappa shape index (κ1) is 18.1. The molecule has 0 amide bonds. The summed E-state index contributed by atoms with van der Waals surface area (Å²) in [6.45, 7) is 2.43. The van der Waals surface area contributed by atoms with Crippen LogP contribution >= 0.6 is 12.6 Å². The van der Waals surface area contributed by atoms with Gasteiger partial charge in [-0.3, -0.25) is 0 Å². The van der Waals surface area contributed by atoms with Crippen molar-refractivity contribution in [3.8, 4) is 0 Å². The maximum atomic E-state index is 12.6. The van der Waals surface area contributed by atoms with Gasteiger partial charge in [-0.15, -0.1) is 0 Å². The zero-order valence-corrected chi connectivity index (χ0v) is 15.5. The first-order chi connectivity index (χ1) is 10.8. The predicted octanol–water partition coefficient (Wildman–Crippen LogP) is 3.28. The minimum Gasteiger partial charge on any atom is -0.377 e. The third kappa shape index (κ3) is 4.40. The Morgan fingerprint density at radius 3 is 2.43 bits per heavy atom. The lowest BCUT2D eigenvalue weighted by atomic mass is 10.1. The Morgan fingerprint density at radius 1 is 1.13 bits per heavy atom. The summed E-state index contributed by atoms with van der Waals surface area (Å²) in [5.74, 6) is 0. The van der Waals surface area contributed by atoms with Crippen molar-refractivity contribution >= 4 is 39.1 Å². The van der Waals surface area contributed by atoms with Gasteiger partial charge in [0.05, 0.1) is 4.90 Å². The van der Waals surface area contributed by atoms with Crippen LogP contribution in [0, 0.1) is 0 Å². The molecule has 0 saturated heterocycles. The van der Waals surface area contributed by atoms with E-state index in [-0.39, 0.29) is 5.25 Å². The van der Waals surface area contributed by atoms with Crippen LogP contribution in [-0.4, -0.2) is 34.3 Å². The summed E-state index contributed by atoms with van der Waals surface area (Å²) in [5.41, 5.74) is 1.00. The number of hydrogen-bond donors (Lipinski definition) is 2. The monoisotopic (exact) mass is 352 g/mol. The molecule has 0 bridgehead atoms. The fourth-order valence-corrected chi connectivity index (χ4v) is 4.05. The van der Waals surface area contributed by atoms with Crippen LogP contribution in [0.1, 0.15) is 19.8 Å². The van der Waals surface area contributed by atoms with E-state index < -0.39 is 10.0 Å². The molecule has 6 heteroatoms. The third-order valence-corrected chi connectivity index (χ3v) is 5.50. The van der Waals surface area contributed by atoms with Gasteiger partial charge in [-0.2, -0.15) is 12.6 Å². The highest BCUT2D eigenvalue weighted by Gasteiger charge is 2.17. The fourth-order valence-electron chi connectivity index (χ4n) is 2.57. The maximum absolute atomic E-state index is 12.6. The van der Waals surface area contributed by atoms with Gasteiger partial charge < -0.3 is 4.90 Å². The molecule has 2 rings (SSSR count). The smallest absolute Gasteiger partial charge is 0.241 e. The molecule has 126 valence electrons. The lowest BCUT2D eigenvalue weighted by molar-refractivity contribution is 0.577. The molecule has 2 aromatic carbocycles. The van der Waals surface area contributed by atoms with E-state index in [1.54, 1.807) is 12.1 Å². The van der Waals surface area contributed by atoms with Crippen molar-refractivity contribution in [3.05, 3.63) is 36.4 Å². The van der Waals surface area contributed by atoms with Crippen molar-refractivity contribution in [1.29, 1.82) is 0 Å². The molecule has 23 heavy (non-hydrogen) atoms. The molecule has 1 unspecified atom stereocenters. The summed E-state index contributed by atoms with van der Waals surface area (Å²) in [4.78, 5) is 2.32. The molecule has 0 radical (unpaired) electrons. The summed E-state index contributed by atoms with van der Waals surface area (Å²) in [5, 5.41) is 1.96. The quantitative estimate of drug-likeness (QED) is 0.594. The Balaban J connectivity index is 2.34. The molecule has 1 N–H and O–H groups in total. The van der Waals surface area contributed by atoms with E-state index in [1.165, 1.54) is 0 Å². The first-order valence-electron chi connectivity index (χ1n) is 7.70. The van der Waals surface area contributed by atoms with Gasteiger partial charge in [0.1, 0.15) is 0 Å². The van der Waals surface area contributed by atoms with Crippen LogP contribution in [-0.2, 0) is 10.0 Å². The maximum Gasteiger partial charge on any atom is 0.241 e. The molecule has 4 nitrogen and oxygen atoms in total. The van der Waals surface area contributed by atoms with E-state index in [9.17, 15) is 8.42 Å². The highest BCUT2D eigenvalue weighted by Crippen LogP contribution is 2.30. The van der Waals surface area contributed by atoms with Crippen molar-refractivity contribution in [2.45, 2.75) is 29.9 Å². The number of benzene rings is 2. The molecule has 2 aromatic rings. The van der Waals surface area contributed by atoms with E-state index in [0.717, 1.165) is 29.3 Å². The summed E-state index contributed by atoms with van der Waals surface area (Å²) < 4.78 is 28.0. The molecule has 0 fully saturated rings. The van der Waals surface area contributed by atoms with Crippen LogP contribution in [0.4, 0.5) is 5.69 Å². The topological polar surface area (TPSA) is 49.4 Å². The lowest BCUT2D eigenvalue weighted by Crippen LogP contribution is -2.25. The SMILES string of the molecule is CC(S)CCCNS(=O)(=O)c1cccc2c(N(C)C)cccc12. The fraction of sp³-hybridized carbons (Fsp3) is 0.412. The summed E-state index contributed by atoms with van der Waals surface area (Å²) in [6, 6.07) is 11.1. The normalized spacial score (nSPS) is 13.2. The summed E-state index contributed by atoms with van der Waals surface area (Å²) >= 11 is 4.31. The van der Waals surface area contributed by atoms with E-state index in [2.05, 4.69) is 17.4 Å². The van der Waals surface area contributed by atoms with Crippen LogP contribution in [0.15, 0.2) is 41.3 Å². The van der Waals surface area contributed by atoms with Gasteiger partial charge in [0, 0.05) is 37.1 Å². The van der Waals surface area contributed by atoms with Gasteiger partial charge in [0.15, 0.2) is 0 Å². The van der Waals surface area contributed by atoms with E-state index in [1.807, 2.05) is 50.2 Å². The van der Waals surface area contributed by atoms with Gasteiger partial charge in [0.2, 0.25) is 10.0 Å². The third-order valence-electron chi connectivity index (χ3n) is 3.72. The van der Waals surface area contributed by atoms with E-state index in [0.29, 0.717) is 11.4 Å². The lowest BCUT2D eigenvalue weighted by Gasteiger charge is -2.17. The van der Waals surface area contributed by atoms with Crippen LogP contribution in [0.2, 0.25) is 0 Å².